The van der Waals surface area contributed by atoms with E-state index >= 15 is 0 Å². The number of thiocarbonyl (C=S) groups is 1. The van der Waals surface area contributed by atoms with Gasteiger partial charge in [-0.3, -0.25) is 15.0 Å². The van der Waals surface area contributed by atoms with Gasteiger partial charge in [-0.15, -0.1) is 0 Å². The van der Waals surface area contributed by atoms with E-state index in [2.05, 4.69) is 5.43 Å². The van der Waals surface area contributed by atoms with Gasteiger partial charge in [-0.25, -0.2) is 0 Å². The smallest absolute Gasteiger partial charge is 0.267 e. The molecular formula is C17H12N2O2S2. The Balaban J connectivity index is 1.77. The number of nitrogens with zero attached hydrogens (tertiary/aromatic N) is 1. The van der Waals surface area contributed by atoms with Crippen molar-refractivity contribution in [1.82, 2.24) is 10.4 Å². The molecule has 0 bridgehead atoms. The summed E-state index contributed by atoms with van der Waals surface area (Å²) in [7, 11) is 0. The molecule has 3 rings (SSSR count). The summed E-state index contributed by atoms with van der Waals surface area (Å²) >= 11 is 6.36. The summed E-state index contributed by atoms with van der Waals surface area (Å²) < 4.78 is 0.307. The maximum absolute atomic E-state index is 12.4. The first-order valence-corrected chi connectivity index (χ1v) is 8.06. The largest absolute Gasteiger partial charge is 0.285 e. The monoisotopic (exact) mass is 340 g/mol. The van der Waals surface area contributed by atoms with Gasteiger partial charge in [0.2, 0.25) is 0 Å². The first kappa shape index (κ1) is 15.5. The number of carbonyl (C=O) groups is 2. The van der Waals surface area contributed by atoms with Crippen LogP contribution >= 0.6 is 24.0 Å². The second-order valence-electron chi connectivity index (χ2n) is 4.73. The van der Waals surface area contributed by atoms with E-state index in [1.807, 2.05) is 36.4 Å². The lowest BCUT2D eigenvalue weighted by atomic mass is 10.2. The van der Waals surface area contributed by atoms with Crippen molar-refractivity contribution in [3.8, 4) is 0 Å². The summed E-state index contributed by atoms with van der Waals surface area (Å²) in [5, 5.41) is 1.12. The Labute approximate surface area is 143 Å². The van der Waals surface area contributed by atoms with Crippen molar-refractivity contribution >= 4 is 46.2 Å². The van der Waals surface area contributed by atoms with Gasteiger partial charge < -0.3 is 0 Å². The third-order valence-corrected chi connectivity index (χ3v) is 4.44. The van der Waals surface area contributed by atoms with Gasteiger partial charge in [0.25, 0.3) is 11.8 Å². The van der Waals surface area contributed by atoms with Crippen LogP contribution in [0.1, 0.15) is 15.9 Å². The van der Waals surface area contributed by atoms with Gasteiger partial charge in [0.1, 0.15) is 0 Å². The normalized spacial score (nSPS) is 16.0. The number of hydrogen-bond donors (Lipinski definition) is 1. The van der Waals surface area contributed by atoms with E-state index in [1.165, 1.54) is 11.8 Å². The predicted molar refractivity (Wildman–Crippen MR) is 95.4 cm³/mol. The van der Waals surface area contributed by atoms with Crippen molar-refractivity contribution in [3.05, 3.63) is 76.7 Å². The molecule has 1 N–H and O–H groups in total. The van der Waals surface area contributed by atoms with E-state index in [4.69, 9.17) is 12.2 Å². The van der Waals surface area contributed by atoms with Crippen LogP contribution in [0, 0.1) is 0 Å². The average molecular weight is 340 g/mol. The van der Waals surface area contributed by atoms with E-state index in [0.717, 1.165) is 10.6 Å². The fraction of sp³-hybridized carbons (Fsp3) is 0. The Morgan fingerprint density at radius 3 is 2.30 bits per heavy atom. The zero-order valence-electron chi connectivity index (χ0n) is 11.9. The van der Waals surface area contributed by atoms with E-state index in [9.17, 15) is 9.59 Å². The maximum Gasteiger partial charge on any atom is 0.285 e. The van der Waals surface area contributed by atoms with Gasteiger partial charge in [0.05, 0.1) is 4.91 Å². The minimum absolute atomic E-state index is 0.307. The Kier molecular flexibility index (Phi) is 4.55. The lowest BCUT2D eigenvalue weighted by molar-refractivity contribution is -0.123. The molecule has 1 fully saturated rings. The van der Waals surface area contributed by atoms with Gasteiger partial charge in [-0.2, -0.15) is 5.01 Å². The number of thioether (sulfide) groups is 1. The summed E-state index contributed by atoms with van der Waals surface area (Å²) in [5.41, 5.74) is 3.92. The first-order valence-electron chi connectivity index (χ1n) is 6.84. The molecule has 2 amide bonds. The van der Waals surface area contributed by atoms with Crippen molar-refractivity contribution in [2.24, 2.45) is 0 Å². The molecule has 0 aromatic heterocycles. The molecular weight excluding hydrogens is 328 g/mol. The van der Waals surface area contributed by atoms with E-state index < -0.39 is 0 Å². The van der Waals surface area contributed by atoms with Crippen LogP contribution in [-0.4, -0.2) is 21.1 Å². The Bertz CT molecular complexity index is 789. The number of hydrazine groups is 1. The number of hydrogen-bond acceptors (Lipinski definition) is 4. The maximum atomic E-state index is 12.4. The minimum Gasteiger partial charge on any atom is -0.267 e. The molecule has 2 aromatic carbocycles. The second-order valence-corrected chi connectivity index (χ2v) is 6.41. The van der Waals surface area contributed by atoms with Crippen molar-refractivity contribution < 1.29 is 9.59 Å². The van der Waals surface area contributed by atoms with Gasteiger partial charge >= 0.3 is 0 Å². The Morgan fingerprint density at radius 1 is 1.04 bits per heavy atom. The second kappa shape index (κ2) is 6.76. The SMILES string of the molecule is O=C(NN1C(=O)/C(=C\c2ccccc2)SC1=S)c1ccccc1. The summed E-state index contributed by atoms with van der Waals surface area (Å²) in [6.07, 6.45) is 1.76. The van der Waals surface area contributed by atoms with Crippen LogP contribution in [0.15, 0.2) is 65.6 Å². The summed E-state index contributed by atoms with van der Waals surface area (Å²) in [6.45, 7) is 0. The van der Waals surface area contributed by atoms with E-state index in [0.29, 0.717) is 14.8 Å². The molecule has 2 aromatic rings. The zero-order valence-corrected chi connectivity index (χ0v) is 13.6. The molecule has 1 aliphatic rings. The molecule has 1 saturated heterocycles. The summed E-state index contributed by atoms with van der Waals surface area (Å²) in [4.78, 5) is 25.1. The molecule has 4 nitrogen and oxygen atoms in total. The molecule has 23 heavy (non-hydrogen) atoms. The quantitative estimate of drug-likeness (QED) is 0.688. The molecule has 0 radical (unpaired) electrons. The fourth-order valence-corrected chi connectivity index (χ4v) is 3.20. The van der Waals surface area contributed by atoms with Crippen LogP contribution in [-0.2, 0) is 4.79 Å². The molecule has 0 spiro atoms. The molecule has 6 heteroatoms. The first-order chi connectivity index (χ1) is 11.1. The Morgan fingerprint density at radius 2 is 1.65 bits per heavy atom. The summed E-state index contributed by atoms with van der Waals surface area (Å²) in [5.74, 6) is -0.698. The zero-order chi connectivity index (χ0) is 16.2. The molecule has 1 aliphatic heterocycles. The highest BCUT2D eigenvalue weighted by Crippen LogP contribution is 2.31. The number of benzene rings is 2. The van der Waals surface area contributed by atoms with Crippen molar-refractivity contribution in [2.75, 3.05) is 0 Å². The van der Waals surface area contributed by atoms with E-state index in [-0.39, 0.29) is 11.8 Å². The number of nitrogens with one attached hydrogen (secondary N) is 1. The average Bonchev–Trinajstić information content (AvgIpc) is 2.84. The molecule has 0 unspecified atom stereocenters. The topological polar surface area (TPSA) is 49.4 Å². The van der Waals surface area contributed by atoms with Crippen LogP contribution in [0.5, 0.6) is 0 Å². The number of carbonyl (C=O) groups excluding carboxylic acids is 2. The van der Waals surface area contributed by atoms with Crippen LogP contribution in [0.2, 0.25) is 0 Å². The van der Waals surface area contributed by atoms with Crippen molar-refractivity contribution in [2.45, 2.75) is 0 Å². The van der Waals surface area contributed by atoms with Gasteiger partial charge in [0.15, 0.2) is 4.32 Å². The number of rotatable bonds is 3. The lowest BCUT2D eigenvalue weighted by Crippen LogP contribution is -2.44. The molecule has 0 aliphatic carbocycles. The predicted octanol–water partition coefficient (Wildman–Crippen LogP) is 3.23. The van der Waals surface area contributed by atoms with Crippen LogP contribution in [0.25, 0.3) is 6.08 Å². The molecule has 0 atom stereocenters. The minimum atomic E-state index is -0.372. The Hall–Kier alpha value is -2.44. The molecule has 0 saturated carbocycles. The van der Waals surface area contributed by atoms with Gasteiger partial charge in [-0.1, -0.05) is 60.3 Å². The highest BCUT2D eigenvalue weighted by molar-refractivity contribution is 8.26. The van der Waals surface area contributed by atoms with Gasteiger partial charge in [-0.05, 0) is 36.0 Å². The number of amides is 2. The standard InChI is InChI=1S/C17H12N2O2S2/c20-15(13-9-5-2-6-10-13)18-19-16(21)14(23-17(19)22)11-12-7-3-1-4-8-12/h1-11H,(H,18,20)/b14-11+. The lowest BCUT2D eigenvalue weighted by Gasteiger charge is -2.15. The molecule has 1 heterocycles. The fourth-order valence-electron chi connectivity index (χ4n) is 2.02. The van der Waals surface area contributed by atoms with Crippen molar-refractivity contribution in [3.63, 3.8) is 0 Å². The highest BCUT2D eigenvalue weighted by Gasteiger charge is 2.33. The third-order valence-electron chi connectivity index (χ3n) is 3.14. The van der Waals surface area contributed by atoms with Gasteiger partial charge in [0, 0.05) is 5.56 Å². The van der Waals surface area contributed by atoms with E-state index in [1.54, 1.807) is 30.3 Å². The van der Waals surface area contributed by atoms with Crippen LogP contribution in [0.4, 0.5) is 0 Å². The highest BCUT2D eigenvalue weighted by atomic mass is 32.2. The van der Waals surface area contributed by atoms with Crippen LogP contribution in [0.3, 0.4) is 0 Å². The third kappa shape index (κ3) is 3.49. The van der Waals surface area contributed by atoms with Crippen LogP contribution < -0.4 is 5.43 Å². The summed E-state index contributed by atoms with van der Waals surface area (Å²) in [6, 6.07) is 18.2. The molecule has 114 valence electrons. The van der Waals surface area contributed by atoms with Crippen molar-refractivity contribution in [1.29, 1.82) is 0 Å².